The van der Waals surface area contributed by atoms with Crippen LogP contribution in [0.25, 0.3) is 0 Å². The summed E-state index contributed by atoms with van der Waals surface area (Å²) in [4.78, 5) is 36.8. The van der Waals surface area contributed by atoms with E-state index in [1.165, 1.54) is 6.42 Å². The second-order valence-electron chi connectivity index (χ2n) is 7.38. The molecular weight excluding hydrogens is 360 g/mol. The molecule has 0 bridgehead atoms. The van der Waals surface area contributed by atoms with Gasteiger partial charge in [0, 0.05) is 13.0 Å². The standard InChI is InChI=1S/C22H40O6/c1-4-7-9-11-12-14-17-28-22(18-20(24)25,19(23)15-6-3)21(26)27-16-13-10-8-5-2/h4-18H2,1-3H3,(H,24,25). The number of rotatable bonds is 19. The molecule has 0 aromatic carbocycles. The highest BCUT2D eigenvalue weighted by molar-refractivity contribution is 6.09. The minimum absolute atomic E-state index is 0.0920. The average molecular weight is 401 g/mol. The van der Waals surface area contributed by atoms with Crippen molar-refractivity contribution in [2.24, 2.45) is 0 Å². The molecule has 0 aliphatic rings. The summed E-state index contributed by atoms with van der Waals surface area (Å²) in [6.07, 6.45) is 9.82. The molecule has 0 aromatic rings. The normalized spacial score (nSPS) is 13.1. The SMILES string of the molecule is CCCCCCCCOC(CC(=O)O)(C(=O)CCC)C(=O)OCCCCCC. The summed E-state index contributed by atoms with van der Waals surface area (Å²) in [5, 5.41) is 9.32. The van der Waals surface area contributed by atoms with Gasteiger partial charge in [-0.2, -0.15) is 0 Å². The Hall–Kier alpha value is -1.43. The Labute approximate surface area is 170 Å². The number of carbonyl (C=O) groups excluding carboxylic acids is 2. The molecule has 0 fully saturated rings. The van der Waals surface area contributed by atoms with Crippen LogP contribution < -0.4 is 0 Å². The van der Waals surface area contributed by atoms with Crippen molar-refractivity contribution >= 4 is 17.7 Å². The van der Waals surface area contributed by atoms with Crippen molar-refractivity contribution in [3.63, 3.8) is 0 Å². The monoisotopic (exact) mass is 400 g/mol. The lowest BCUT2D eigenvalue weighted by atomic mass is 9.91. The van der Waals surface area contributed by atoms with Crippen LogP contribution in [0.15, 0.2) is 0 Å². The molecule has 0 saturated heterocycles. The summed E-state index contributed by atoms with van der Waals surface area (Å²) in [7, 11) is 0. The number of Topliss-reactive ketones (excluding diaryl/α,β-unsaturated/α-hetero) is 1. The first kappa shape index (κ1) is 26.6. The molecule has 0 aliphatic carbocycles. The van der Waals surface area contributed by atoms with Crippen LogP contribution >= 0.6 is 0 Å². The maximum absolute atomic E-state index is 12.7. The van der Waals surface area contributed by atoms with Crippen LogP contribution in [0.3, 0.4) is 0 Å². The number of esters is 1. The molecule has 0 heterocycles. The fraction of sp³-hybridized carbons (Fsp3) is 0.864. The lowest BCUT2D eigenvalue weighted by Crippen LogP contribution is -2.52. The molecule has 0 radical (unpaired) electrons. The Morgan fingerprint density at radius 2 is 1.29 bits per heavy atom. The third-order valence-corrected chi connectivity index (χ3v) is 4.73. The van der Waals surface area contributed by atoms with Crippen molar-refractivity contribution in [3.8, 4) is 0 Å². The van der Waals surface area contributed by atoms with Crippen molar-refractivity contribution in [3.05, 3.63) is 0 Å². The van der Waals surface area contributed by atoms with Crippen LogP contribution in [-0.4, -0.2) is 41.6 Å². The molecule has 28 heavy (non-hydrogen) atoms. The van der Waals surface area contributed by atoms with E-state index in [0.717, 1.165) is 44.9 Å². The molecule has 164 valence electrons. The van der Waals surface area contributed by atoms with Crippen LogP contribution in [0.5, 0.6) is 0 Å². The van der Waals surface area contributed by atoms with Gasteiger partial charge in [0.25, 0.3) is 0 Å². The molecule has 0 aliphatic heterocycles. The molecule has 6 nitrogen and oxygen atoms in total. The zero-order valence-electron chi connectivity index (χ0n) is 18.1. The van der Waals surface area contributed by atoms with Gasteiger partial charge in [0.15, 0.2) is 5.78 Å². The van der Waals surface area contributed by atoms with Crippen LogP contribution in [-0.2, 0) is 23.9 Å². The summed E-state index contributed by atoms with van der Waals surface area (Å²) >= 11 is 0. The predicted molar refractivity (Wildman–Crippen MR) is 109 cm³/mol. The average Bonchev–Trinajstić information content (AvgIpc) is 2.65. The summed E-state index contributed by atoms with van der Waals surface area (Å²) < 4.78 is 11.0. The molecule has 1 atom stereocenters. The van der Waals surface area contributed by atoms with Gasteiger partial charge in [-0.25, -0.2) is 4.79 Å². The predicted octanol–water partition coefficient (Wildman–Crippen LogP) is 5.07. The van der Waals surface area contributed by atoms with Gasteiger partial charge in [0.1, 0.15) is 0 Å². The molecule has 0 spiro atoms. The summed E-state index contributed by atoms with van der Waals surface area (Å²) in [6.45, 7) is 6.41. The number of unbranched alkanes of at least 4 members (excludes halogenated alkanes) is 8. The van der Waals surface area contributed by atoms with E-state index in [2.05, 4.69) is 13.8 Å². The van der Waals surface area contributed by atoms with Gasteiger partial charge in [-0.15, -0.1) is 0 Å². The number of ether oxygens (including phenoxy) is 2. The minimum atomic E-state index is -2.02. The number of carbonyl (C=O) groups is 3. The third-order valence-electron chi connectivity index (χ3n) is 4.73. The van der Waals surface area contributed by atoms with E-state index in [-0.39, 0.29) is 19.6 Å². The van der Waals surface area contributed by atoms with Crippen molar-refractivity contribution < 1.29 is 29.0 Å². The first-order chi connectivity index (χ1) is 13.4. The highest BCUT2D eigenvalue weighted by Gasteiger charge is 2.49. The molecule has 0 amide bonds. The summed E-state index contributed by atoms with van der Waals surface area (Å²) in [6, 6.07) is 0. The van der Waals surface area contributed by atoms with Crippen molar-refractivity contribution in [2.75, 3.05) is 13.2 Å². The Bertz CT molecular complexity index is 448. The smallest absolute Gasteiger partial charge is 0.346 e. The number of ketones is 1. The topological polar surface area (TPSA) is 89.9 Å². The van der Waals surface area contributed by atoms with Crippen molar-refractivity contribution in [1.29, 1.82) is 0 Å². The third kappa shape index (κ3) is 10.8. The molecule has 1 unspecified atom stereocenters. The van der Waals surface area contributed by atoms with Gasteiger partial charge in [-0.1, -0.05) is 72.1 Å². The Balaban J connectivity index is 4.95. The Morgan fingerprint density at radius 3 is 1.86 bits per heavy atom. The quantitative estimate of drug-likeness (QED) is 0.185. The first-order valence-electron chi connectivity index (χ1n) is 11.0. The second kappa shape index (κ2) is 16.5. The number of carboxylic acids is 1. The van der Waals surface area contributed by atoms with E-state index < -0.39 is 29.7 Å². The molecular formula is C22H40O6. The zero-order chi connectivity index (χ0) is 21.3. The van der Waals surface area contributed by atoms with Crippen LogP contribution in [0, 0.1) is 0 Å². The number of hydrogen-bond donors (Lipinski definition) is 1. The van der Waals surface area contributed by atoms with Gasteiger partial charge in [-0.3, -0.25) is 9.59 Å². The lowest BCUT2D eigenvalue weighted by Gasteiger charge is -2.29. The zero-order valence-corrected chi connectivity index (χ0v) is 18.1. The molecule has 1 N–H and O–H groups in total. The van der Waals surface area contributed by atoms with E-state index in [0.29, 0.717) is 19.3 Å². The van der Waals surface area contributed by atoms with Crippen molar-refractivity contribution in [2.45, 2.75) is 110 Å². The molecule has 0 aromatic heterocycles. The van der Waals surface area contributed by atoms with E-state index in [1.54, 1.807) is 0 Å². The highest BCUT2D eigenvalue weighted by Crippen LogP contribution is 2.24. The van der Waals surface area contributed by atoms with Crippen LogP contribution in [0.2, 0.25) is 0 Å². The van der Waals surface area contributed by atoms with Crippen LogP contribution in [0.1, 0.15) is 104 Å². The molecule has 6 heteroatoms. The second-order valence-corrected chi connectivity index (χ2v) is 7.38. The van der Waals surface area contributed by atoms with Crippen molar-refractivity contribution in [1.82, 2.24) is 0 Å². The number of aliphatic carboxylic acids is 1. The minimum Gasteiger partial charge on any atom is -0.481 e. The van der Waals surface area contributed by atoms with Gasteiger partial charge in [0.05, 0.1) is 13.0 Å². The highest BCUT2D eigenvalue weighted by atomic mass is 16.6. The molecule has 0 saturated carbocycles. The van der Waals surface area contributed by atoms with Gasteiger partial charge in [-0.05, 0) is 19.3 Å². The fourth-order valence-corrected chi connectivity index (χ4v) is 3.06. The van der Waals surface area contributed by atoms with E-state index >= 15 is 0 Å². The fourth-order valence-electron chi connectivity index (χ4n) is 3.06. The maximum Gasteiger partial charge on any atom is 0.346 e. The van der Waals surface area contributed by atoms with Gasteiger partial charge < -0.3 is 14.6 Å². The summed E-state index contributed by atoms with van der Waals surface area (Å²) in [5.74, 6) is -2.59. The van der Waals surface area contributed by atoms with E-state index in [9.17, 15) is 19.5 Å². The number of carboxylic acid groups (broad SMARTS) is 1. The maximum atomic E-state index is 12.7. The van der Waals surface area contributed by atoms with Gasteiger partial charge >= 0.3 is 11.9 Å². The van der Waals surface area contributed by atoms with Crippen LogP contribution in [0.4, 0.5) is 0 Å². The first-order valence-corrected chi connectivity index (χ1v) is 11.0. The number of hydrogen-bond acceptors (Lipinski definition) is 5. The van der Waals surface area contributed by atoms with Gasteiger partial charge in [0.2, 0.25) is 5.60 Å². The Morgan fingerprint density at radius 1 is 0.750 bits per heavy atom. The summed E-state index contributed by atoms with van der Waals surface area (Å²) in [5.41, 5.74) is -2.02. The molecule has 0 rings (SSSR count). The van der Waals surface area contributed by atoms with E-state index in [4.69, 9.17) is 9.47 Å². The van der Waals surface area contributed by atoms with E-state index in [1.807, 2.05) is 6.92 Å². The lowest BCUT2D eigenvalue weighted by molar-refractivity contribution is -0.183. The Kier molecular flexibility index (Phi) is 15.7. The largest absolute Gasteiger partial charge is 0.481 e.